The van der Waals surface area contributed by atoms with Crippen LogP contribution in [0.15, 0.2) is 10.2 Å². The van der Waals surface area contributed by atoms with Gasteiger partial charge in [0, 0.05) is 19.1 Å². The van der Waals surface area contributed by atoms with Gasteiger partial charge in [-0.2, -0.15) is 10.2 Å². The topological polar surface area (TPSA) is 41.8 Å². The van der Waals surface area contributed by atoms with Crippen LogP contribution in [-0.2, 0) is 4.79 Å². The van der Waals surface area contributed by atoms with E-state index in [4.69, 9.17) is 0 Å². The van der Waals surface area contributed by atoms with Crippen molar-refractivity contribution in [1.82, 2.24) is 0 Å². The molecule has 0 saturated heterocycles. The molecule has 0 unspecified atom stereocenters. The van der Waals surface area contributed by atoms with Gasteiger partial charge in [0.2, 0.25) is 0 Å². The van der Waals surface area contributed by atoms with E-state index < -0.39 is 0 Å². The Kier molecular flexibility index (Phi) is 1.42. The predicted molar refractivity (Wildman–Crippen MR) is 35.8 cm³/mol. The van der Waals surface area contributed by atoms with Crippen LogP contribution in [0.3, 0.4) is 0 Å². The highest BCUT2D eigenvalue weighted by Crippen LogP contribution is 2.01. The van der Waals surface area contributed by atoms with Crippen LogP contribution in [0.4, 0.5) is 0 Å². The third-order valence-electron chi connectivity index (χ3n) is 1.17. The SMILES string of the molecule is CC(=O)C1=NN=C(C)C1. The van der Waals surface area contributed by atoms with Crippen LogP contribution < -0.4 is 0 Å². The van der Waals surface area contributed by atoms with E-state index in [1.165, 1.54) is 6.92 Å². The van der Waals surface area contributed by atoms with Crippen molar-refractivity contribution in [2.24, 2.45) is 10.2 Å². The number of hydrogen-bond acceptors (Lipinski definition) is 3. The summed E-state index contributed by atoms with van der Waals surface area (Å²) in [5.74, 6) is 0.0237. The number of carbonyl (C=O) groups is 1. The summed E-state index contributed by atoms with van der Waals surface area (Å²) in [7, 11) is 0. The van der Waals surface area contributed by atoms with Gasteiger partial charge in [-0.3, -0.25) is 4.79 Å². The molecule has 9 heavy (non-hydrogen) atoms. The first-order valence-electron chi connectivity index (χ1n) is 2.81. The van der Waals surface area contributed by atoms with Gasteiger partial charge >= 0.3 is 0 Å². The van der Waals surface area contributed by atoms with Crippen LogP contribution in [0.2, 0.25) is 0 Å². The maximum absolute atomic E-state index is 10.6. The number of nitrogens with zero attached hydrogens (tertiary/aromatic N) is 2. The highest BCUT2D eigenvalue weighted by atomic mass is 16.1. The first-order chi connectivity index (χ1) is 4.20. The highest BCUT2D eigenvalue weighted by Gasteiger charge is 2.11. The molecule has 1 heterocycles. The van der Waals surface area contributed by atoms with Gasteiger partial charge in [-0.25, -0.2) is 0 Å². The average Bonchev–Trinajstić information content (AvgIpc) is 2.14. The summed E-state index contributed by atoms with van der Waals surface area (Å²) in [4.78, 5) is 10.6. The Morgan fingerprint density at radius 2 is 2.22 bits per heavy atom. The zero-order valence-electron chi connectivity index (χ0n) is 5.51. The Morgan fingerprint density at radius 1 is 1.56 bits per heavy atom. The van der Waals surface area contributed by atoms with Crippen LogP contribution in [0.25, 0.3) is 0 Å². The number of rotatable bonds is 1. The first kappa shape index (κ1) is 6.13. The Hall–Kier alpha value is -0.990. The van der Waals surface area contributed by atoms with Crippen LogP contribution in [0, 0.1) is 0 Å². The van der Waals surface area contributed by atoms with E-state index in [9.17, 15) is 4.79 Å². The van der Waals surface area contributed by atoms with E-state index in [1.54, 1.807) is 0 Å². The van der Waals surface area contributed by atoms with Crippen molar-refractivity contribution in [3.63, 3.8) is 0 Å². The van der Waals surface area contributed by atoms with E-state index in [2.05, 4.69) is 10.2 Å². The molecule has 3 heteroatoms. The van der Waals surface area contributed by atoms with E-state index in [0.29, 0.717) is 12.1 Å². The van der Waals surface area contributed by atoms with Gasteiger partial charge < -0.3 is 0 Å². The Bertz CT molecular complexity index is 203. The van der Waals surface area contributed by atoms with Crippen molar-refractivity contribution < 1.29 is 4.79 Å². The smallest absolute Gasteiger partial charge is 0.176 e. The van der Waals surface area contributed by atoms with Crippen LogP contribution in [0.1, 0.15) is 20.3 Å². The minimum atomic E-state index is 0.0237. The largest absolute Gasteiger partial charge is 0.293 e. The summed E-state index contributed by atoms with van der Waals surface area (Å²) in [5, 5.41) is 7.39. The molecule has 1 aliphatic heterocycles. The van der Waals surface area contributed by atoms with Gasteiger partial charge in [0.15, 0.2) is 5.78 Å². The molecule has 0 amide bonds. The Labute approximate surface area is 53.5 Å². The molecule has 0 saturated carbocycles. The first-order valence-corrected chi connectivity index (χ1v) is 2.81. The average molecular weight is 124 g/mol. The monoisotopic (exact) mass is 124 g/mol. The van der Waals surface area contributed by atoms with Crippen molar-refractivity contribution in [3.8, 4) is 0 Å². The molecule has 1 aliphatic rings. The minimum absolute atomic E-state index is 0.0237. The molecule has 0 bridgehead atoms. The second kappa shape index (κ2) is 2.09. The lowest BCUT2D eigenvalue weighted by Gasteiger charge is -1.87. The third kappa shape index (κ3) is 1.22. The molecule has 0 aromatic rings. The number of carbonyl (C=O) groups excluding carboxylic acids is 1. The Balaban J connectivity index is 2.64. The summed E-state index contributed by atoms with van der Waals surface area (Å²) in [6, 6.07) is 0. The molecule has 0 spiro atoms. The second-order valence-corrected chi connectivity index (χ2v) is 2.11. The number of ketones is 1. The second-order valence-electron chi connectivity index (χ2n) is 2.11. The van der Waals surface area contributed by atoms with Crippen LogP contribution >= 0.6 is 0 Å². The van der Waals surface area contributed by atoms with Gasteiger partial charge in [-0.05, 0) is 6.92 Å². The molecule has 0 N–H and O–H groups in total. The Morgan fingerprint density at radius 3 is 2.44 bits per heavy atom. The lowest BCUT2D eigenvalue weighted by atomic mass is 10.1. The molecular weight excluding hydrogens is 116 g/mol. The third-order valence-corrected chi connectivity index (χ3v) is 1.17. The van der Waals surface area contributed by atoms with Gasteiger partial charge in [-0.1, -0.05) is 0 Å². The number of Topliss-reactive ketones (excluding diaryl/α,β-unsaturated/α-hetero) is 1. The fourth-order valence-electron chi connectivity index (χ4n) is 0.654. The highest BCUT2D eigenvalue weighted by molar-refractivity contribution is 6.43. The molecule has 0 fully saturated rings. The summed E-state index contributed by atoms with van der Waals surface area (Å²) in [6.45, 7) is 3.37. The van der Waals surface area contributed by atoms with Crippen molar-refractivity contribution in [2.45, 2.75) is 20.3 Å². The van der Waals surface area contributed by atoms with Crippen molar-refractivity contribution in [3.05, 3.63) is 0 Å². The van der Waals surface area contributed by atoms with Crippen molar-refractivity contribution in [1.29, 1.82) is 0 Å². The zero-order chi connectivity index (χ0) is 6.85. The fourth-order valence-corrected chi connectivity index (χ4v) is 0.654. The molecule has 1 rings (SSSR count). The molecule has 0 aromatic heterocycles. The van der Waals surface area contributed by atoms with E-state index in [1.807, 2.05) is 6.92 Å². The van der Waals surface area contributed by atoms with E-state index in [-0.39, 0.29) is 5.78 Å². The van der Waals surface area contributed by atoms with Gasteiger partial charge in [0.25, 0.3) is 0 Å². The standard InChI is InChI=1S/C6H8N2O/c1-4-3-6(5(2)9)8-7-4/h3H2,1-2H3. The summed E-state index contributed by atoms with van der Waals surface area (Å²) >= 11 is 0. The van der Waals surface area contributed by atoms with Crippen molar-refractivity contribution >= 4 is 17.2 Å². The fraction of sp³-hybridized carbons (Fsp3) is 0.500. The summed E-state index contributed by atoms with van der Waals surface area (Å²) in [6.07, 6.45) is 0.634. The minimum Gasteiger partial charge on any atom is -0.293 e. The summed E-state index contributed by atoms with van der Waals surface area (Å²) in [5.41, 5.74) is 1.49. The molecule has 0 aliphatic carbocycles. The quantitative estimate of drug-likeness (QED) is 0.509. The normalized spacial score (nSPS) is 17.1. The summed E-state index contributed by atoms with van der Waals surface area (Å²) < 4.78 is 0. The molecule has 0 atom stereocenters. The maximum atomic E-state index is 10.6. The molecular formula is C6H8N2O. The van der Waals surface area contributed by atoms with Gasteiger partial charge in [0.1, 0.15) is 5.71 Å². The number of hydrogen-bond donors (Lipinski definition) is 0. The lowest BCUT2D eigenvalue weighted by molar-refractivity contribution is -0.111. The van der Waals surface area contributed by atoms with Gasteiger partial charge in [-0.15, -0.1) is 0 Å². The van der Waals surface area contributed by atoms with Crippen LogP contribution in [0.5, 0.6) is 0 Å². The van der Waals surface area contributed by atoms with E-state index >= 15 is 0 Å². The molecule has 48 valence electrons. The van der Waals surface area contributed by atoms with E-state index in [0.717, 1.165) is 5.71 Å². The van der Waals surface area contributed by atoms with Gasteiger partial charge in [0.05, 0.1) is 0 Å². The van der Waals surface area contributed by atoms with Crippen LogP contribution in [-0.4, -0.2) is 17.2 Å². The lowest BCUT2D eigenvalue weighted by Crippen LogP contribution is -2.08. The zero-order valence-corrected chi connectivity index (χ0v) is 5.51. The molecule has 3 nitrogen and oxygen atoms in total. The predicted octanol–water partition coefficient (Wildman–Crippen LogP) is 0.796. The van der Waals surface area contributed by atoms with Crippen molar-refractivity contribution in [2.75, 3.05) is 0 Å². The molecule has 0 radical (unpaired) electrons. The molecule has 0 aromatic carbocycles. The maximum Gasteiger partial charge on any atom is 0.176 e.